The quantitative estimate of drug-likeness (QED) is 0.267. The Morgan fingerprint density at radius 1 is 1.05 bits per heavy atom. The lowest BCUT2D eigenvalue weighted by Gasteiger charge is -2.31. The van der Waals surface area contributed by atoms with Crippen LogP contribution < -0.4 is 15.6 Å². The van der Waals surface area contributed by atoms with Crippen molar-refractivity contribution in [2.45, 2.75) is 38.9 Å². The first-order valence-electron chi connectivity index (χ1n) is 12.6. The van der Waals surface area contributed by atoms with Gasteiger partial charge in [-0.05, 0) is 61.9 Å². The molecule has 0 bridgehead atoms. The first-order valence-corrected chi connectivity index (χ1v) is 12.6. The third kappa shape index (κ3) is 5.89. The van der Waals surface area contributed by atoms with Gasteiger partial charge in [0.05, 0.1) is 41.0 Å². The number of anilines is 1. The summed E-state index contributed by atoms with van der Waals surface area (Å²) in [7, 11) is 1.54. The van der Waals surface area contributed by atoms with Crippen molar-refractivity contribution in [2.75, 3.05) is 19.0 Å². The van der Waals surface area contributed by atoms with E-state index in [1.54, 1.807) is 55.5 Å². The number of benzene rings is 3. The second-order valence-corrected chi connectivity index (χ2v) is 9.02. The number of methoxy groups -OCH3 is 1. The molecule has 1 atom stereocenters. The third-order valence-corrected chi connectivity index (χ3v) is 6.46. The highest BCUT2D eigenvalue weighted by molar-refractivity contribution is 5.90. The van der Waals surface area contributed by atoms with Crippen molar-refractivity contribution in [1.82, 2.24) is 14.5 Å². The van der Waals surface area contributed by atoms with Crippen LogP contribution in [0.2, 0.25) is 0 Å². The number of hydrogen-bond donors (Lipinski definition) is 1. The Labute approximate surface area is 223 Å². The molecule has 3 aromatic carbocycles. The second-order valence-electron chi connectivity index (χ2n) is 9.02. The summed E-state index contributed by atoms with van der Waals surface area (Å²) in [5, 5.41) is 2.83. The lowest BCUT2D eigenvalue weighted by atomic mass is 10.1. The molecule has 4 aromatic rings. The number of unbranched alkanes of at least 4 members (excludes halogenated alkanes) is 1. The normalized spacial score (nSPS) is 12.3. The molecule has 39 heavy (non-hydrogen) atoms. The Balaban J connectivity index is 1.82. The van der Waals surface area contributed by atoms with E-state index < -0.39 is 23.8 Å². The molecule has 1 unspecified atom stereocenters. The van der Waals surface area contributed by atoms with E-state index in [-0.39, 0.29) is 23.6 Å². The van der Waals surface area contributed by atoms with Gasteiger partial charge in [-0.1, -0.05) is 37.6 Å². The predicted octanol–water partition coefficient (Wildman–Crippen LogP) is 6.81. The van der Waals surface area contributed by atoms with Crippen LogP contribution in [-0.2, 0) is 6.18 Å². The Kier molecular flexibility index (Phi) is 8.23. The summed E-state index contributed by atoms with van der Waals surface area (Å²) < 4.78 is 47.5. The van der Waals surface area contributed by atoms with E-state index in [1.165, 1.54) is 34.8 Å². The highest BCUT2D eigenvalue weighted by Gasteiger charge is 2.34. The molecule has 204 valence electrons. The number of para-hydroxylation sites is 2. The Hall–Kier alpha value is -4.34. The molecule has 0 fully saturated rings. The van der Waals surface area contributed by atoms with E-state index in [1.807, 2.05) is 6.92 Å². The molecule has 0 radical (unpaired) electrons. The summed E-state index contributed by atoms with van der Waals surface area (Å²) in [6.45, 7) is 3.89. The molecule has 7 nitrogen and oxygen atoms in total. The summed E-state index contributed by atoms with van der Waals surface area (Å²) in [4.78, 5) is 33.4. The van der Waals surface area contributed by atoms with Crippen molar-refractivity contribution in [3.05, 3.63) is 94.5 Å². The van der Waals surface area contributed by atoms with Gasteiger partial charge in [0.15, 0.2) is 0 Å². The van der Waals surface area contributed by atoms with Gasteiger partial charge in [-0.25, -0.2) is 9.78 Å². The number of urea groups is 1. The number of halogens is 3. The number of amides is 2. The molecule has 1 N–H and O–H groups in total. The SMILES string of the molecule is CCCCN(C(=O)Nc1ccccc1C(F)(F)F)C(C)c1nc2ccccc2c(=O)n1-c1ccc(OC)cc1. The van der Waals surface area contributed by atoms with Crippen LogP contribution in [-0.4, -0.2) is 34.1 Å². The topological polar surface area (TPSA) is 76.5 Å². The van der Waals surface area contributed by atoms with Gasteiger partial charge in [-0.15, -0.1) is 0 Å². The Morgan fingerprint density at radius 2 is 1.72 bits per heavy atom. The first kappa shape index (κ1) is 27.7. The number of carbonyl (C=O) groups excluding carboxylic acids is 1. The number of hydrogen-bond acceptors (Lipinski definition) is 4. The number of nitrogens with zero attached hydrogens (tertiary/aromatic N) is 3. The number of rotatable bonds is 8. The van der Waals surface area contributed by atoms with Gasteiger partial charge in [-0.3, -0.25) is 9.36 Å². The molecular weight excluding hydrogens is 509 g/mol. The van der Waals surface area contributed by atoms with E-state index in [2.05, 4.69) is 5.32 Å². The van der Waals surface area contributed by atoms with Crippen molar-refractivity contribution in [3.63, 3.8) is 0 Å². The molecule has 2 amide bonds. The zero-order valence-electron chi connectivity index (χ0n) is 21.8. The van der Waals surface area contributed by atoms with E-state index in [9.17, 15) is 22.8 Å². The summed E-state index contributed by atoms with van der Waals surface area (Å²) in [6, 6.07) is 17.1. The number of nitrogens with one attached hydrogen (secondary N) is 1. The standard InChI is InChI=1S/C29H29F3N4O3/c1-4-5-18-35(28(38)34-25-13-9-7-11-23(25)29(30,31)32)19(2)26-33-24-12-8-6-10-22(24)27(37)36(26)20-14-16-21(39-3)17-15-20/h6-17,19H,4-5,18H2,1-3H3,(H,34,38). The van der Waals surface area contributed by atoms with Gasteiger partial charge in [0.1, 0.15) is 11.6 Å². The van der Waals surface area contributed by atoms with Crippen LogP contribution in [0.25, 0.3) is 16.6 Å². The van der Waals surface area contributed by atoms with Gasteiger partial charge in [0.25, 0.3) is 5.56 Å². The number of aromatic nitrogens is 2. The van der Waals surface area contributed by atoms with Crippen LogP contribution in [0.4, 0.5) is 23.7 Å². The minimum atomic E-state index is -4.64. The Morgan fingerprint density at radius 3 is 2.38 bits per heavy atom. The lowest BCUT2D eigenvalue weighted by molar-refractivity contribution is -0.136. The third-order valence-electron chi connectivity index (χ3n) is 6.46. The van der Waals surface area contributed by atoms with E-state index >= 15 is 0 Å². The van der Waals surface area contributed by atoms with Crippen molar-refractivity contribution >= 4 is 22.6 Å². The van der Waals surface area contributed by atoms with Crippen LogP contribution >= 0.6 is 0 Å². The zero-order chi connectivity index (χ0) is 28.2. The van der Waals surface area contributed by atoms with Gasteiger partial charge >= 0.3 is 12.2 Å². The number of alkyl halides is 3. The fourth-order valence-electron chi connectivity index (χ4n) is 4.38. The van der Waals surface area contributed by atoms with Crippen molar-refractivity contribution in [1.29, 1.82) is 0 Å². The second kappa shape index (κ2) is 11.6. The maximum Gasteiger partial charge on any atom is 0.418 e. The molecule has 0 aliphatic heterocycles. The average molecular weight is 539 g/mol. The maximum absolute atomic E-state index is 13.7. The number of fused-ring (bicyclic) bond motifs is 1. The van der Waals surface area contributed by atoms with Gasteiger partial charge in [0, 0.05) is 6.54 Å². The summed E-state index contributed by atoms with van der Waals surface area (Å²) >= 11 is 0. The highest BCUT2D eigenvalue weighted by atomic mass is 19.4. The van der Waals surface area contributed by atoms with Crippen molar-refractivity contribution in [3.8, 4) is 11.4 Å². The molecule has 0 saturated carbocycles. The summed E-state index contributed by atoms with van der Waals surface area (Å²) in [5.41, 5.74) is -0.652. The van der Waals surface area contributed by atoms with Crippen LogP contribution in [0.3, 0.4) is 0 Å². The maximum atomic E-state index is 13.7. The first-order chi connectivity index (χ1) is 18.7. The number of ether oxygens (including phenoxy) is 1. The van der Waals surface area contributed by atoms with E-state index in [0.717, 1.165) is 12.5 Å². The van der Waals surface area contributed by atoms with Crippen LogP contribution in [0, 0.1) is 0 Å². The fraction of sp³-hybridized carbons (Fsp3) is 0.276. The summed E-state index contributed by atoms with van der Waals surface area (Å²) in [6.07, 6.45) is -3.30. The molecule has 1 aromatic heterocycles. The van der Waals surface area contributed by atoms with Gasteiger partial charge < -0.3 is 15.0 Å². The van der Waals surface area contributed by atoms with Crippen LogP contribution in [0.5, 0.6) is 5.75 Å². The lowest BCUT2D eigenvalue weighted by Crippen LogP contribution is -2.40. The predicted molar refractivity (Wildman–Crippen MR) is 144 cm³/mol. The molecule has 0 aliphatic carbocycles. The molecule has 0 saturated heterocycles. The number of carbonyl (C=O) groups is 1. The molecular formula is C29H29F3N4O3. The molecule has 0 aliphatic rings. The van der Waals surface area contributed by atoms with Crippen molar-refractivity contribution in [2.24, 2.45) is 0 Å². The molecule has 10 heteroatoms. The van der Waals surface area contributed by atoms with Crippen LogP contribution in [0.15, 0.2) is 77.6 Å². The van der Waals surface area contributed by atoms with Crippen LogP contribution in [0.1, 0.15) is 44.1 Å². The van der Waals surface area contributed by atoms with E-state index in [0.29, 0.717) is 28.8 Å². The zero-order valence-corrected chi connectivity index (χ0v) is 21.8. The minimum absolute atomic E-state index is 0.239. The largest absolute Gasteiger partial charge is 0.497 e. The summed E-state index contributed by atoms with van der Waals surface area (Å²) in [5.74, 6) is 0.877. The van der Waals surface area contributed by atoms with Crippen molar-refractivity contribution < 1.29 is 22.7 Å². The monoisotopic (exact) mass is 538 g/mol. The Bertz CT molecular complexity index is 1520. The molecule has 4 rings (SSSR count). The van der Waals surface area contributed by atoms with Gasteiger partial charge in [0.2, 0.25) is 0 Å². The highest BCUT2D eigenvalue weighted by Crippen LogP contribution is 2.35. The van der Waals surface area contributed by atoms with Gasteiger partial charge in [-0.2, -0.15) is 13.2 Å². The van der Waals surface area contributed by atoms with E-state index in [4.69, 9.17) is 9.72 Å². The molecule has 1 heterocycles. The molecule has 0 spiro atoms. The minimum Gasteiger partial charge on any atom is -0.497 e. The smallest absolute Gasteiger partial charge is 0.418 e. The fourth-order valence-corrected chi connectivity index (χ4v) is 4.38. The average Bonchev–Trinajstić information content (AvgIpc) is 2.93.